The Morgan fingerprint density at radius 3 is 2.68 bits per heavy atom. The lowest BCUT2D eigenvalue weighted by molar-refractivity contribution is -0.151. The van der Waals surface area contributed by atoms with E-state index in [1.807, 2.05) is 13.0 Å². The van der Waals surface area contributed by atoms with Gasteiger partial charge >= 0.3 is 0 Å². The van der Waals surface area contributed by atoms with Crippen molar-refractivity contribution in [2.75, 3.05) is 19.7 Å². The Labute approximate surface area is 182 Å². The van der Waals surface area contributed by atoms with Crippen LogP contribution in [0.3, 0.4) is 0 Å². The number of carbonyl (C=O) groups excluding carboxylic acids is 2. The summed E-state index contributed by atoms with van der Waals surface area (Å²) in [6.07, 6.45) is 4.14. The molecule has 1 saturated heterocycles. The van der Waals surface area contributed by atoms with Crippen molar-refractivity contribution in [2.45, 2.75) is 57.2 Å². The van der Waals surface area contributed by atoms with Crippen LogP contribution in [-0.4, -0.2) is 48.6 Å². The molecule has 0 radical (unpaired) electrons. The Bertz CT molecular complexity index is 861. The fraction of sp³-hybridized carbons (Fsp3) is 0.667. The summed E-state index contributed by atoms with van der Waals surface area (Å²) in [5.41, 5.74) is 6.33. The lowest BCUT2D eigenvalue weighted by Crippen LogP contribution is -2.63. The van der Waals surface area contributed by atoms with Crippen molar-refractivity contribution in [3.63, 3.8) is 0 Å². The molecule has 168 valence electrons. The molecule has 0 aromatic heterocycles. The van der Waals surface area contributed by atoms with Crippen molar-refractivity contribution in [3.8, 4) is 0 Å². The van der Waals surface area contributed by atoms with E-state index in [0.717, 1.165) is 37.7 Å². The summed E-state index contributed by atoms with van der Waals surface area (Å²) in [5.74, 6) is 0.743. The van der Waals surface area contributed by atoms with Gasteiger partial charge in [0.05, 0.1) is 6.61 Å². The van der Waals surface area contributed by atoms with Crippen molar-refractivity contribution in [1.82, 2.24) is 10.2 Å². The molecule has 3 N–H and O–H groups in total. The Kier molecular flexibility index (Phi) is 5.29. The smallest absolute Gasteiger partial charge is 0.250 e. The van der Waals surface area contributed by atoms with Gasteiger partial charge in [-0.1, -0.05) is 12.1 Å². The highest BCUT2D eigenvalue weighted by atomic mass is 19.1. The number of amides is 2. The monoisotopic (exact) mass is 429 g/mol. The van der Waals surface area contributed by atoms with E-state index in [9.17, 15) is 14.0 Å². The summed E-state index contributed by atoms with van der Waals surface area (Å²) >= 11 is 0. The van der Waals surface area contributed by atoms with E-state index in [2.05, 4.69) is 10.2 Å². The second-order valence-electron chi connectivity index (χ2n) is 10.2. The number of nitrogens with one attached hydrogen (secondary N) is 1. The Morgan fingerprint density at radius 2 is 2.00 bits per heavy atom. The van der Waals surface area contributed by atoms with Gasteiger partial charge in [0.2, 0.25) is 5.91 Å². The molecule has 3 unspecified atom stereocenters. The van der Waals surface area contributed by atoms with Gasteiger partial charge in [-0.05, 0) is 74.5 Å². The van der Waals surface area contributed by atoms with Gasteiger partial charge in [-0.3, -0.25) is 14.5 Å². The van der Waals surface area contributed by atoms with E-state index in [0.29, 0.717) is 37.5 Å². The van der Waals surface area contributed by atoms with Crippen molar-refractivity contribution in [1.29, 1.82) is 0 Å². The first-order valence-electron chi connectivity index (χ1n) is 11.6. The third kappa shape index (κ3) is 3.76. The minimum absolute atomic E-state index is 0.00602. The van der Waals surface area contributed by atoms with Crippen molar-refractivity contribution < 1.29 is 18.7 Å². The summed E-state index contributed by atoms with van der Waals surface area (Å²) < 4.78 is 19.5. The molecule has 6 rings (SSSR count). The molecular weight excluding hydrogens is 397 g/mol. The van der Waals surface area contributed by atoms with Gasteiger partial charge in [0.1, 0.15) is 11.9 Å². The maximum atomic E-state index is 13.6. The maximum Gasteiger partial charge on any atom is 0.250 e. The van der Waals surface area contributed by atoms with Crippen molar-refractivity contribution in [3.05, 3.63) is 35.6 Å². The number of benzene rings is 1. The number of halogens is 1. The van der Waals surface area contributed by atoms with Crippen LogP contribution < -0.4 is 11.1 Å². The Hall–Kier alpha value is -1.99. The van der Waals surface area contributed by atoms with Gasteiger partial charge in [-0.25, -0.2) is 4.39 Å². The van der Waals surface area contributed by atoms with E-state index in [1.165, 1.54) is 6.07 Å². The molecule has 1 aromatic carbocycles. The summed E-state index contributed by atoms with van der Waals surface area (Å²) in [7, 11) is 0. The van der Waals surface area contributed by atoms with Gasteiger partial charge in [0, 0.05) is 30.6 Å². The highest BCUT2D eigenvalue weighted by Gasteiger charge is 2.58. The van der Waals surface area contributed by atoms with E-state index in [4.69, 9.17) is 10.5 Å². The van der Waals surface area contributed by atoms with Gasteiger partial charge in [0.25, 0.3) is 5.91 Å². The van der Waals surface area contributed by atoms with E-state index in [1.54, 1.807) is 12.1 Å². The number of primary amides is 1. The zero-order valence-electron chi connectivity index (χ0n) is 18.1. The molecule has 31 heavy (non-hydrogen) atoms. The first-order valence-corrected chi connectivity index (χ1v) is 11.6. The van der Waals surface area contributed by atoms with Crippen LogP contribution in [0.4, 0.5) is 4.39 Å². The molecule has 1 aromatic rings. The second-order valence-corrected chi connectivity index (χ2v) is 10.2. The number of hydrogen-bond donors (Lipinski definition) is 2. The summed E-state index contributed by atoms with van der Waals surface area (Å²) in [4.78, 5) is 27.5. The molecule has 7 heteroatoms. The van der Waals surface area contributed by atoms with Crippen LogP contribution in [0.5, 0.6) is 0 Å². The third-order valence-corrected chi connectivity index (χ3v) is 8.37. The summed E-state index contributed by atoms with van der Waals surface area (Å²) in [6.45, 7) is 3.70. The average Bonchev–Trinajstić information content (AvgIpc) is 2.75. The molecule has 5 aliphatic rings. The summed E-state index contributed by atoms with van der Waals surface area (Å²) in [5, 5.41) is 3.29. The van der Waals surface area contributed by atoms with Gasteiger partial charge in [-0.15, -0.1) is 0 Å². The van der Waals surface area contributed by atoms with Crippen LogP contribution in [0.2, 0.25) is 0 Å². The first-order chi connectivity index (χ1) is 14.8. The van der Waals surface area contributed by atoms with E-state index < -0.39 is 6.10 Å². The van der Waals surface area contributed by atoms with Gasteiger partial charge in [0.15, 0.2) is 0 Å². The van der Waals surface area contributed by atoms with Gasteiger partial charge < -0.3 is 15.8 Å². The normalized spacial score (nSPS) is 38.1. The lowest BCUT2D eigenvalue weighted by atomic mass is 9.47. The molecule has 1 heterocycles. The van der Waals surface area contributed by atoms with E-state index >= 15 is 0 Å². The number of ether oxygens (including phenoxy) is 1. The predicted molar refractivity (Wildman–Crippen MR) is 113 cm³/mol. The number of hydrogen-bond acceptors (Lipinski definition) is 4. The number of carbonyl (C=O) groups is 2. The standard InChI is InChI=1S/C24H32FN3O3/c1-14(16-3-2-4-19(25)9-16)28-5-6-31-20(13-28)22(29)27-21-17-7-15-8-18(21)12-24(10-15,11-17)23(26)30/h2-4,9,14-15,17-18,20-21H,5-8,10-13H2,1H3,(H2,26,30)(H,27,29)/t14-,15?,17?,18?,20?,21?,24?/m1/s1. The minimum atomic E-state index is -0.535. The maximum absolute atomic E-state index is 13.6. The summed E-state index contributed by atoms with van der Waals surface area (Å²) in [6, 6.07) is 6.75. The second kappa shape index (κ2) is 7.85. The highest BCUT2D eigenvalue weighted by Crippen LogP contribution is 2.59. The average molecular weight is 430 g/mol. The number of nitrogens with two attached hydrogens (primary N) is 1. The van der Waals surface area contributed by atoms with Crippen LogP contribution in [-0.2, 0) is 14.3 Å². The van der Waals surface area contributed by atoms with Crippen LogP contribution in [0.25, 0.3) is 0 Å². The number of nitrogens with zero attached hydrogens (tertiary/aromatic N) is 1. The van der Waals surface area contributed by atoms with Crippen molar-refractivity contribution >= 4 is 11.8 Å². The lowest BCUT2D eigenvalue weighted by Gasteiger charge is -2.59. The van der Waals surface area contributed by atoms with Crippen molar-refractivity contribution in [2.24, 2.45) is 28.9 Å². The Balaban J connectivity index is 1.23. The van der Waals surface area contributed by atoms with Crippen LogP contribution in [0.1, 0.15) is 50.6 Å². The molecule has 4 saturated carbocycles. The van der Waals surface area contributed by atoms with E-state index in [-0.39, 0.29) is 35.1 Å². The minimum Gasteiger partial charge on any atom is -0.369 e. The Morgan fingerprint density at radius 1 is 1.26 bits per heavy atom. The SMILES string of the molecule is C[C@H](c1cccc(F)c1)N1CCOC(C(=O)NC2C3CC4CC2CC(C(N)=O)(C4)C3)C1. The van der Waals surface area contributed by atoms with Gasteiger partial charge in [-0.2, -0.15) is 0 Å². The highest BCUT2D eigenvalue weighted by molar-refractivity contribution is 5.83. The van der Waals surface area contributed by atoms with Crippen LogP contribution in [0.15, 0.2) is 24.3 Å². The zero-order chi connectivity index (χ0) is 21.8. The molecular formula is C24H32FN3O3. The molecule has 4 aliphatic carbocycles. The third-order valence-electron chi connectivity index (χ3n) is 8.37. The zero-order valence-corrected chi connectivity index (χ0v) is 18.1. The molecule has 4 bridgehead atoms. The molecule has 2 amide bonds. The molecule has 4 atom stereocenters. The largest absolute Gasteiger partial charge is 0.369 e. The fourth-order valence-electron chi connectivity index (χ4n) is 6.98. The quantitative estimate of drug-likeness (QED) is 0.753. The molecule has 0 spiro atoms. The molecule has 6 nitrogen and oxygen atoms in total. The fourth-order valence-corrected chi connectivity index (χ4v) is 6.98. The predicted octanol–water partition coefficient (Wildman–Crippen LogP) is 2.38. The molecule has 1 aliphatic heterocycles. The first kappa shape index (κ1) is 20.9. The topological polar surface area (TPSA) is 84.7 Å². The number of morpholine rings is 1. The molecule has 5 fully saturated rings. The van der Waals surface area contributed by atoms with Crippen LogP contribution >= 0.6 is 0 Å². The number of rotatable bonds is 5. The van der Waals surface area contributed by atoms with Crippen LogP contribution in [0, 0.1) is 29.0 Å².